The molecule has 2 aromatic carbocycles. The summed E-state index contributed by atoms with van der Waals surface area (Å²) in [5, 5.41) is 17.4. The van der Waals surface area contributed by atoms with Crippen LogP contribution in [0.4, 0.5) is 5.82 Å². The van der Waals surface area contributed by atoms with Gasteiger partial charge >= 0.3 is 0 Å². The minimum atomic E-state index is 0.0540. The molecule has 3 aromatic rings. The number of hydrogen-bond acceptors (Lipinski definition) is 6. The van der Waals surface area contributed by atoms with Crippen LogP contribution in [0.15, 0.2) is 57.3 Å². The molecular formula is C15H14N6O. The lowest BCUT2D eigenvalue weighted by atomic mass is 10.0. The van der Waals surface area contributed by atoms with Crippen LogP contribution in [0, 0.1) is 0 Å². The monoisotopic (exact) mass is 294 g/mol. The zero-order valence-electron chi connectivity index (χ0n) is 11.9. The van der Waals surface area contributed by atoms with E-state index in [-0.39, 0.29) is 17.3 Å². The Morgan fingerprint density at radius 1 is 1.05 bits per heavy atom. The first-order chi connectivity index (χ1) is 10.7. The van der Waals surface area contributed by atoms with Crippen molar-refractivity contribution in [2.45, 2.75) is 6.92 Å². The van der Waals surface area contributed by atoms with Gasteiger partial charge in [0.05, 0.1) is 5.71 Å². The molecule has 110 valence electrons. The van der Waals surface area contributed by atoms with Crippen molar-refractivity contribution in [2.75, 3.05) is 5.73 Å². The van der Waals surface area contributed by atoms with Crippen LogP contribution >= 0.6 is 0 Å². The molecule has 0 aliphatic heterocycles. The van der Waals surface area contributed by atoms with E-state index in [1.165, 1.54) is 0 Å². The van der Waals surface area contributed by atoms with Crippen LogP contribution < -0.4 is 11.5 Å². The second kappa shape index (κ2) is 5.65. The molecule has 1 heterocycles. The summed E-state index contributed by atoms with van der Waals surface area (Å²) in [6.45, 7) is 1.86. The molecule has 0 amide bonds. The Balaban J connectivity index is 1.99. The van der Waals surface area contributed by atoms with E-state index in [4.69, 9.17) is 11.5 Å². The SMILES string of the molecule is CC(=NN=C(N)c1nonc1N)c1cccc2ccccc12. The molecule has 0 aliphatic carbocycles. The standard InChI is InChI=1S/C15H14N6O/c1-9(18-19-14(16)13-15(17)21-22-20-13)11-8-4-6-10-5-2-3-7-12(10)11/h2-8H,1H3,(H2,16,19)(H2,17,21). The molecule has 22 heavy (non-hydrogen) atoms. The first kappa shape index (κ1) is 13.7. The Labute approximate surface area is 126 Å². The van der Waals surface area contributed by atoms with Gasteiger partial charge in [-0.25, -0.2) is 4.63 Å². The molecule has 0 atom stereocenters. The van der Waals surface area contributed by atoms with Crippen LogP contribution in [0.3, 0.4) is 0 Å². The average molecular weight is 294 g/mol. The van der Waals surface area contributed by atoms with Gasteiger partial charge in [0.1, 0.15) is 0 Å². The van der Waals surface area contributed by atoms with Crippen LogP contribution in [0.2, 0.25) is 0 Å². The van der Waals surface area contributed by atoms with E-state index in [9.17, 15) is 0 Å². The normalized spacial score (nSPS) is 12.8. The van der Waals surface area contributed by atoms with Crippen LogP contribution in [-0.4, -0.2) is 21.9 Å². The Hall–Kier alpha value is -3.22. The largest absolute Gasteiger partial charge is 0.380 e. The molecule has 0 fully saturated rings. The van der Waals surface area contributed by atoms with Gasteiger partial charge < -0.3 is 11.5 Å². The number of nitrogens with two attached hydrogens (primary N) is 2. The van der Waals surface area contributed by atoms with Gasteiger partial charge in [0, 0.05) is 5.56 Å². The molecular weight excluding hydrogens is 280 g/mol. The van der Waals surface area contributed by atoms with Crippen LogP contribution in [-0.2, 0) is 0 Å². The average Bonchev–Trinajstić information content (AvgIpc) is 2.98. The Kier molecular flexibility index (Phi) is 3.53. The van der Waals surface area contributed by atoms with E-state index in [2.05, 4.69) is 25.1 Å². The molecule has 0 radical (unpaired) electrons. The number of amidine groups is 1. The predicted molar refractivity (Wildman–Crippen MR) is 85.6 cm³/mol. The second-order valence-corrected chi connectivity index (χ2v) is 4.70. The van der Waals surface area contributed by atoms with Gasteiger partial charge in [-0.3, -0.25) is 0 Å². The maximum Gasteiger partial charge on any atom is 0.199 e. The van der Waals surface area contributed by atoms with E-state index in [1.54, 1.807) is 0 Å². The number of fused-ring (bicyclic) bond motifs is 1. The third-order valence-electron chi connectivity index (χ3n) is 3.24. The fourth-order valence-corrected chi connectivity index (χ4v) is 2.14. The van der Waals surface area contributed by atoms with Crippen LogP contribution in [0.5, 0.6) is 0 Å². The topological polar surface area (TPSA) is 116 Å². The molecule has 0 aliphatic rings. The summed E-state index contributed by atoms with van der Waals surface area (Å²) in [5.41, 5.74) is 13.2. The number of aromatic nitrogens is 2. The van der Waals surface area contributed by atoms with Crippen molar-refractivity contribution in [3.05, 3.63) is 53.7 Å². The molecule has 1 aromatic heterocycles. The highest BCUT2D eigenvalue weighted by Crippen LogP contribution is 2.19. The summed E-state index contributed by atoms with van der Waals surface area (Å²) in [6, 6.07) is 14.1. The molecule has 0 spiro atoms. The fraction of sp³-hybridized carbons (Fsp3) is 0.0667. The minimum absolute atomic E-state index is 0.0540. The van der Waals surface area contributed by atoms with E-state index in [0.717, 1.165) is 22.0 Å². The Morgan fingerprint density at radius 2 is 1.82 bits per heavy atom. The zero-order valence-corrected chi connectivity index (χ0v) is 11.9. The van der Waals surface area contributed by atoms with Crippen LogP contribution in [0.1, 0.15) is 18.2 Å². The number of benzene rings is 2. The van der Waals surface area contributed by atoms with Gasteiger partial charge in [0.15, 0.2) is 17.3 Å². The van der Waals surface area contributed by atoms with Gasteiger partial charge in [-0.1, -0.05) is 42.5 Å². The predicted octanol–water partition coefficient (Wildman–Crippen LogP) is 1.93. The summed E-state index contributed by atoms with van der Waals surface area (Å²) < 4.78 is 4.48. The number of rotatable bonds is 3. The Morgan fingerprint density at radius 3 is 2.59 bits per heavy atom. The van der Waals surface area contributed by atoms with Crippen molar-refractivity contribution in [2.24, 2.45) is 15.9 Å². The van der Waals surface area contributed by atoms with Crippen molar-refractivity contribution in [1.29, 1.82) is 0 Å². The first-order valence-electron chi connectivity index (χ1n) is 6.61. The lowest BCUT2D eigenvalue weighted by molar-refractivity contribution is 0.308. The lowest BCUT2D eigenvalue weighted by Gasteiger charge is -2.04. The zero-order chi connectivity index (χ0) is 15.5. The second-order valence-electron chi connectivity index (χ2n) is 4.70. The number of anilines is 1. The molecule has 3 rings (SSSR count). The quantitative estimate of drug-likeness (QED) is 0.435. The highest BCUT2D eigenvalue weighted by Gasteiger charge is 2.10. The van der Waals surface area contributed by atoms with Crippen molar-refractivity contribution < 1.29 is 4.63 Å². The van der Waals surface area contributed by atoms with Crippen molar-refractivity contribution >= 4 is 28.1 Å². The smallest absolute Gasteiger partial charge is 0.199 e. The molecule has 0 bridgehead atoms. The van der Waals surface area contributed by atoms with Crippen LogP contribution in [0.25, 0.3) is 10.8 Å². The lowest BCUT2D eigenvalue weighted by Crippen LogP contribution is -2.15. The minimum Gasteiger partial charge on any atom is -0.380 e. The molecule has 4 N–H and O–H groups in total. The van der Waals surface area contributed by atoms with Crippen molar-refractivity contribution in [1.82, 2.24) is 10.3 Å². The fourth-order valence-electron chi connectivity index (χ4n) is 2.14. The highest BCUT2D eigenvalue weighted by molar-refractivity contribution is 6.10. The summed E-state index contributed by atoms with van der Waals surface area (Å²) in [7, 11) is 0. The van der Waals surface area contributed by atoms with Gasteiger partial charge in [-0.15, -0.1) is 5.10 Å². The molecule has 7 heteroatoms. The van der Waals surface area contributed by atoms with E-state index in [1.807, 2.05) is 49.4 Å². The maximum atomic E-state index is 5.78. The summed E-state index contributed by atoms with van der Waals surface area (Å²) in [6.07, 6.45) is 0. The number of nitrogen functional groups attached to an aromatic ring is 1. The van der Waals surface area contributed by atoms with E-state index >= 15 is 0 Å². The van der Waals surface area contributed by atoms with Gasteiger partial charge in [-0.2, -0.15) is 5.10 Å². The molecule has 7 nitrogen and oxygen atoms in total. The molecule has 0 unspecified atom stereocenters. The number of nitrogens with zero attached hydrogens (tertiary/aromatic N) is 4. The number of hydrogen-bond donors (Lipinski definition) is 2. The van der Waals surface area contributed by atoms with Crippen molar-refractivity contribution in [3.8, 4) is 0 Å². The Bertz CT molecular complexity index is 875. The van der Waals surface area contributed by atoms with Gasteiger partial charge in [0.25, 0.3) is 0 Å². The summed E-state index contributed by atoms with van der Waals surface area (Å²) in [4.78, 5) is 0. The van der Waals surface area contributed by atoms with Crippen molar-refractivity contribution in [3.63, 3.8) is 0 Å². The van der Waals surface area contributed by atoms with Gasteiger partial charge in [-0.05, 0) is 28.0 Å². The summed E-state index contributed by atoms with van der Waals surface area (Å²) in [5.74, 6) is 0.137. The maximum absolute atomic E-state index is 5.78. The third kappa shape index (κ3) is 2.51. The first-order valence-corrected chi connectivity index (χ1v) is 6.61. The van der Waals surface area contributed by atoms with E-state index < -0.39 is 0 Å². The third-order valence-corrected chi connectivity index (χ3v) is 3.24. The molecule has 0 saturated heterocycles. The van der Waals surface area contributed by atoms with E-state index in [0.29, 0.717) is 0 Å². The van der Waals surface area contributed by atoms with Gasteiger partial charge in [0.2, 0.25) is 0 Å². The molecule has 0 saturated carbocycles. The highest BCUT2D eigenvalue weighted by atomic mass is 16.6. The summed E-state index contributed by atoms with van der Waals surface area (Å²) >= 11 is 0.